The number of fused-ring (bicyclic) bond motifs is 4. The van der Waals surface area contributed by atoms with Gasteiger partial charge in [0.05, 0.1) is 5.41 Å². The molecule has 0 atom stereocenters. The Morgan fingerprint density at radius 1 is 0.406 bits per heavy atom. The summed E-state index contributed by atoms with van der Waals surface area (Å²) in [6.07, 6.45) is 5.94. The summed E-state index contributed by atoms with van der Waals surface area (Å²) in [6.45, 7) is 6.09. The average Bonchev–Trinajstić information content (AvgIpc) is 3.93. The third-order valence-electron chi connectivity index (χ3n) is 13.6. The molecule has 0 aliphatic heterocycles. The van der Waals surface area contributed by atoms with Crippen LogP contribution in [0.1, 0.15) is 40.5 Å². The molecule has 12 rings (SSSR count). The van der Waals surface area contributed by atoms with Crippen LogP contribution in [-0.4, -0.2) is 15.0 Å². The molecule has 0 saturated heterocycles. The van der Waals surface area contributed by atoms with Gasteiger partial charge in [0.1, 0.15) is 11.3 Å². The predicted octanol–water partition coefficient (Wildman–Crippen LogP) is 16.7. The number of aromatic nitrogens is 3. The fourth-order valence-corrected chi connectivity index (χ4v) is 10.4. The van der Waals surface area contributed by atoms with E-state index in [9.17, 15) is 0 Å². The fraction of sp³-hybridized carbons (Fsp3) is 0.0308. The molecule has 69 heavy (non-hydrogen) atoms. The average molecular weight is 884 g/mol. The summed E-state index contributed by atoms with van der Waals surface area (Å²) in [7, 11) is 0. The van der Waals surface area contributed by atoms with Crippen molar-refractivity contribution in [1.82, 2.24) is 15.0 Å². The molecule has 4 nitrogen and oxygen atoms in total. The predicted molar refractivity (Wildman–Crippen MR) is 284 cm³/mol. The molecular formula is C65H45N3O. The first-order valence-electron chi connectivity index (χ1n) is 23.4. The van der Waals surface area contributed by atoms with Crippen LogP contribution >= 0.6 is 0 Å². The maximum absolute atomic E-state index is 6.48. The number of hydrogen-bond acceptors (Lipinski definition) is 4. The quantitative estimate of drug-likeness (QED) is 0.137. The van der Waals surface area contributed by atoms with E-state index in [0.29, 0.717) is 17.5 Å². The van der Waals surface area contributed by atoms with Crippen molar-refractivity contribution in [2.24, 2.45) is 0 Å². The summed E-state index contributed by atoms with van der Waals surface area (Å²) >= 11 is 0. The molecule has 4 heteroatoms. The molecular weight excluding hydrogens is 839 g/mol. The first-order valence-corrected chi connectivity index (χ1v) is 23.4. The molecule has 2 aromatic heterocycles. The zero-order valence-electron chi connectivity index (χ0n) is 38.1. The zero-order valence-corrected chi connectivity index (χ0v) is 38.1. The summed E-state index contributed by atoms with van der Waals surface area (Å²) in [5.74, 6) is 2.68. The monoisotopic (exact) mass is 883 g/mol. The number of furan rings is 1. The minimum Gasteiger partial charge on any atom is -0.456 e. The Balaban J connectivity index is 0.996. The maximum Gasteiger partial charge on any atom is 0.164 e. The number of allylic oxidation sites excluding steroid dienone is 1. The van der Waals surface area contributed by atoms with Crippen LogP contribution in [0.5, 0.6) is 0 Å². The Hall–Kier alpha value is -8.99. The van der Waals surface area contributed by atoms with E-state index < -0.39 is 5.41 Å². The largest absolute Gasteiger partial charge is 0.456 e. The van der Waals surface area contributed by atoms with Gasteiger partial charge in [-0.1, -0.05) is 219 Å². The highest BCUT2D eigenvalue weighted by Gasteiger charge is 2.46. The van der Waals surface area contributed by atoms with E-state index in [-0.39, 0.29) is 0 Å². The Morgan fingerprint density at radius 2 is 0.870 bits per heavy atom. The van der Waals surface area contributed by atoms with E-state index in [1.165, 1.54) is 33.4 Å². The molecule has 2 heterocycles. The molecule has 1 aliphatic carbocycles. The van der Waals surface area contributed by atoms with Crippen LogP contribution in [0.3, 0.4) is 0 Å². The Bertz CT molecular complexity index is 3610. The van der Waals surface area contributed by atoms with E-state index in [1.54, 1.807) is 6.08 Å². The summed E-state index contributed by atoms with van der Waals surface area (Å²) in [5.41, 5.74) is 18.3. The van der Waals surface area contributed by atoms with Gasteiger partial charge in [0, 0.05) is 27.6 Å². The second kappa shape index (κ2) is 17.3. The third kappa shape index (κ3) is 7.13. The first kappa shape index (κ1) is 41.4. The molecule has 9 aromatic carbocycles. The summed E-state index contributed by atoms with van der Waals surface area (Å²) in [6, 6.07) is 80.1. The van der Waals surface area contributed by atoms with Crippen molar-refractivity contribution in [3.8, 4) is 78.7 Å². The van der Waals surface area contributed by atoms with Gasteiger partial charge < -0.3 is 4.42 Å². The molecule has 1 aliphatic rings. The van der Waals surface area contributed by atoms with Crippen molar-refractivity contribution in [3.63, 3.8) is 0 Å². The van der Waals surface area contributed by atoms with E-state index in [0.717, 1.165) is 72.4 Å². The maximum atomic E-state index is 6.48. The molecule has 0 saturated carbocycles. The van der Waals surface area contributed by atoms with Crippen LogP contribution in [0.2, 0.25) is 0 Å². The smallest absolute Gasteiger partial charge is 0.164 e. The standard InChI is InChI=1S/C65H45N3O/c1-3-19-53-54-39-38-49(40-61(54)69-60(53)4-2)55-41-57-52-28-17-18-29-58(52)65(50-24-13-7-14-25-50,51-26-15-8-16-27-51)59(57)42-56(55)45-34-30-43(31-35-45)44-32-36-48(37-33-44)64-67-62(46-20-9-5-10-21-46)66-63(68-64)47-22-11-6-12-23-47/h3-42H,2H2,1H3/b19-3-. The van der Waals surface area contributed by atoms with Crippen LogP contribution in [0.15, 0.2) is 242 Å². The highest BCUT2D eigenvalue weighted by Crippen LogP contribution is 2.58. The van der Waals surface area contributed by atoms with E-state index in [1.807, 2.05) is 73.7 Å². The topological polar surface area (TPSA) is 51.8 Å². The van der Waals surface area contributed by atoms with Crippen molar-refractivity contribution >= 4 is 23.1 Å². The molecule has 0 spiro atoms. The normalized spacial score (nSPS) is 12.5. The highest BCUT2D eigenvalue weighted by atomic mass is 16.3. The Labute approximate surface area is 402 Å². The second-order valence-corrected chi connectivity index (χ2v) is 17.5. The minimum absolute atomic E-state index is 0.545. The van der Waals surface area contributed by atoms with Crippen molar-refractivity contribution in [2.45, 2.75) is 12.3 Å². The summed E-state index contributed by atoms with van der Waals surface area (Å²) in [4.78, 5) is 14.8. The fourth-order valence-electron chi connectivity index (χ4n) is 10.4. The molecule has 0 N–H and O–H groups in total. The van der Waals surface area contributed by atoms with Crippen molar-refractivity contribution < 1.29 is 4.42 Å². The number of nitrogens with zero attached hydrogens (tertiary/aromatic N) is 3. The molecule has 326 valence electrons. The van der Waals surface area contributed by atoms with Gasteiger partial charge in [-0.2, -0.15) is 0 Å². The number of rotatable bonds is 10. The van der Waals surface area contributed by atoms with Crippen molar-refractivity contribution in [3.05, 3.63) is 271 Å². The molecule has 0 unspecified atom stereocenters. The lowest BCUT2D eigenvalue weighted by Crippen LogP contribution is -2.28. The van der Waals surface area contributed by atoms with Gasteiger partial charge >= 0.3 is 0 Å². The Kier molecular flexibility index (Phi) is 10.4. The lowest BCUT2D eigenvalue weighted by atomic mass is 9.67. The number of benzene rings is 9. The lowest BCUT2D eigenvalue weighted by Gasteiger charge is -2.34. The highest BCUT2D eigenvalue weighted by molar-refractivity contribution is 5.98. The van der Waals surface area contributed by atoms with Crippen molar-refractivity contribution in [1.29, 1.82) is 0 Å². The molecule has 0 fully saturated rings. The van der Waals surface area contributed by atoms with Crippen LogP contribution in [0.25, 0.3) is 102 Å². The first-order chi connectivity index (χ1) is 34.1. The lowest BCUT2D eigenvalue weighted by molar-refractivity contribution is 0.603. The minimum atomic E-state index is -0.545. The van der Waals surface area contributed by atoms with Gasteiger partial charge in [-0.25, -0.2) is 15.0 Å². The van der Waals surface area contributed by atoms with Crippen molar-refractivity contribution in [2.75, 3.05) is 0 Å². The van der Waals surface area contributed by atoms with Gasteiger partial charge in [-0.15, -0.1) is 0 Å². The SMILES string of the molecule is C=Cc1oc2cc(-c3cc4c(cc3-c3ccc(-c5ccc(-c6nc(-c7ccccc7)nc(-c7ccccc7)n6)cc5)cc3)C(c3ccccc3)(c3ccccc3)c3ccccc3-4)ccc2c1/C=C\C. The van der Waals surface area contributed by atoms with E-state index in [4.69, 9.17) is 19.4 Å². The van der Waals surface area contributed by atoms with E-state index in [2.05, 4.69) is 176 Å². The zero-order chi connectivity index (χ0) is 46.3. The molecule has 0 amide bonds. The van der Waals surface area contributed by atoms with Crippen LogP contribution in [0, 0.1) is 0 Å². The van der Waals surface area contributed by atoms with Crippen LogP contribution in [0.4, 0.5) is 0 Å². The van der Waals surface area contributed by atoms with Gasteiger partial charge in [-0.3, -0.25) is 0 Å². The number of hydrogen-bond donors (Lipinski definition) is 0. The molecule has 0 bridgehead atoms. The molecule has 11 aromatic rings. The summed E-state index contributed by atoms with van der Waals surface area (Å²) in [5, 5.41) is 1.06. The van der Waals surface area contributed by atoms with Gasteiger partial charge in [0.25, 0.3) is 0 Å². The van der Waals surface area contributed by atoms with Crippen LogP contribution in [-0.2, 0) is 5.41 Å². The van der Waals surface area contributed by atoms with E-state index >= 15 is 0 Å². The van der Waals surface area contributed by atoms with Gasteiger partial charge in [0.2, 0.25) is 0 Å². The molecule has 0 radical (unpaired) electrons. The Morgan fingerprint density at radius 3 is 1.42 bits per heavy atom. The van der Waals surface area contributed by atoms with Gasteiger partial charge in [0.15, 0.2) is 17.5 Å². The third-order valence-corrected chi connectivity index (χ3v) is 13.6. The summed E-state index contributed by atoms with van der Waals surface area (Å²) < 4.78 is 6.48. The van der Waals surface area contributed by atoms with Crippen LogP contribution < -0.4 is 0 Å². The van der Waals surface area contributed by atoms with Gasteiger partial charge in [-0.05, 0) is 104 Å². The second-order valence-electron chi connectivity index (χ2n) is 17.5.